The molecule has 4 amide bonds. The first kappa shape index (κ1) is 32.6. The Kier molecular flexibility index (Phi) is 8.34. The number of imide groups is 2. The molecule has 0 radical (unpaired) electrons. The highest BCUT2D eigenvalue weighted by molar-refractivity contribution is 9.13. The average Bonchev–Trinajstić information content (AvgIpc) is 3.37. The maximum atomic E-state index is 14.6. The van der Waals surface area contributed by atoms with Crippen molar-refractivity contribution in [3.05, 3.63) is 61.3 Å². The highest BCUT2D eigenvalue weighted by atomic mass is 79.9. The standard InChI is InChI=1S/C32H28Br2ClFN2O8/c1-32-18(29(43)38(31(32)45)13-5-8-20(36)19(35)10-13)11-16-14(24(32)17-12-21(46-2)27(41)26(34)25(17)33)6-7-15-23(16)30(44)37(28(15)42)9-3-4-22(39)40/h5-6,8,10,12,15-16,18,23-24,41H,3-4,7,9,11H2,1-2H3,(H,39,40)/t15-,16+,18-,23-,24+,32+/m0/s1. The van der Waals surface area contributed by atoms with Crippen LogP contribution in [0.5, 0.6) is 11.5 Å². The molecule has 2 aromatic rings. The molecular weight excluding hydrogens is 755 g/mol. The van der Waals surface area contributed by atoms with Gasteiger partial charge in [0.2, 0.25) is 23.6 Å². The summed E-state index contributed by atoms with van der Waals surface area (Å²) in [6.45, 7) is 1.66. The molecule has 2 aromatic carbocycles. The Hall–Kier alpha value is -3.29. The zero-order valence-corrected chi connectivity index (χ0v) is 28.5. The van der Waals surface area contributed by atoms with Gasteiger partial charge in [0.1, 0.15) is 5.82 Å². The Bertz CT molecular complexity index is 1770. The molecular formula is C32H28Br2ClFN2O8. The lowest BCUT2D eigenvalue weighted by Crippen LogP contribution is -2.49. The number of carboxylic acids is 1. The number of phenols is 1. The van der Waals surface area contributed by atoms with E-state index in [9.17, 15) is 33.5 Å². The summed E-state index contributed by atoms with van der Waals surface area (Å²) >= 11 is 13.0. The number of carbonyl (C=O) groups excluding carboxylic acids is 4. The third kappa shape index (κ3) is 4.71. The number of ether oxygens (including phenoxy) is 1. The maximum absolute atomic E-state index is 14.6. The van der Waals surface area contributed by atoms with E-state index in [4.69, 9.17) is 21.4 Å². The lowest BCUT2D eigenvalue weighted by Gasteiger charge is -2.49. The van der Waals surface area contributed by atoms with Crippen LogP contribution in [0.25, 0.3) is 0 Å². The number of hydrogen-bond donors (Lipinski definition) is 2. The Morgan fingerprint density at radius 2 is 1.83 bits per heavy atom. The maximum Gasteiger partial charge on any atom is 0.303 e. The zero-order valence-electron chi connectivity index (χ0n) is 24.6. The Balaban J connectivity index is 1.51. The summed E-state index contributed by atoms with van der Waals surface area (Å²) in [4.78, 5) is 69.5. The van der Waals surface area contributed by atoms with Crippen LogP contribution < -0.4 is 9.64 Å². The molecule has 0 aromatic heterocycles. The van der Waals surface area contributed by atoms with Crippen molar-refractivity contribution in [1.82, 2.24) is 4.90 Å². The minimum atomic E-state index is -1.41. The van der Waals surface area contributed by atoms with E-state index in [1.165, 1.54) is 19.2 Å². The first-order valence-corrected chi connectivity index (χ1v) is 16.6. The van der Waals surface area contributed by atoms with Gasteiger partial charge in [-0.1, -0.05) is 23.3 Å². The molecule has 3 fully saturated rings. The second kappa shape index (κ2) is 11.7. The number of hydrogen-bond acceptors (Lipinski definition) is 7. The van der Waals surface area contributed by atoms with Gasteiger partial charge in [-0.2, -0.15) is 0 Å². The number of likely N-dealkylation sites (tertiary alicyclic amines) is 1. The van der Waals surface area contributed by atoms with Gasteiger partial charge in [-0.3, -0.25) is 28.9 Å². The van der Waals surface area contributed by atoms with Crippen LogP contribution in [0.4, 0.5) is 10.1 Å². The van der Waals surface area contributed by atoms with Crippen LogP contribution in [0, 0.1) is 34.9 Å². The molecule has 2 aliphatic carbocycles. The summed E-state index contributed by atoms with van der Waals surface area (Å²) in [6, 6.07) is 5.18. The third-order valence-electron chi connectivity index (χ3n) is 10.0. The van der Waals surface area contributed by atoms with E-state index in [2.05, 4.69) is 31.9 Å². The number of aliphatic carboxylic acids is 1. The number of anilines is 1. The molecule has 6 rings (SSSR count). The minimum Gasteiger partial charge on any atom is -0.503 e. The fraction of sp³-hybridized carbons (Fsp3) is 0.406. The van der Waals surface area contributed by atoms with E-state index in [-0.39, 0.29) is 64.8 Å². The number of carbonyl (C=O) groups is 5. The molecule has 2 N–H and O–H groups in total. The fourth-order valence-corrected chi connectivity index (χ4v) is 9.01. The van der Waals surface area contributed by atoms with Gasteiger partial charge in [0.05, 0.1) is 45.5 Å². The van der Waals surface area contributed by atoms with Crippen LogP contribution in [0.3, 0.4) is 0 Å². The van der Waals surface area contributed by atoms with E-state index < -0.39 is 64.5 Å². The number of aromatic hydroxyl groups is 1. The predicted molar refractivity (Wildman–Crippen MR) is 170 cm³/mol. The molecule has 1 saturated carbocycles. The molecule has 242 valence electrons. The highest BCUT2D eigenvalue weighted by Crippen LogP contribution is 2.65. The fourth-order valence-electron chi connectivity index (χ4n) is 7.88. The van der Waals surface area contributed by atoms with Crippen LogP contribution in [0.2, 0.25) is 5.02 Å². The average molecular weight is 783 g/mol. The Morgan fingerprint density at radius 1 is 1.11 bits per heavy atom. The normalized spacial score (nSPS) is 28.7. The molecule has 4 aliphatic rings. The molecule has 0 unspecified atom stereocenters. The summed E-state index contributed by atoms with van der Waals surface area (Å²) < 4.78 is 20.2. The Labute approximate surface area is 284 Å². The van der Waals surface area contributed by atoms with Crippen molar-refractivity contribution in [1.29, 1.82) is 0 Å². The summed E-state index contributed by atoms with van der Waals surface area (Å²) in [5.74, 6) is -7.62. The van der Waals surface area contributed by atoms with E-state index in [0.29, 0.717) is 15.6 Å². The minimum absolute atomic E-state index is 0.0340. The largest absolute Gasteiger partial charge is 0.503 e. The van der Waals surface area contributed by atoms with Crippen molar-refractivity contribution in [2.45, 2.75) is 38.5 Å². The number of carboxylic acid groups (broad SMARTS) is 1. The molecule has 46 heavy (non-hydrogen) atoms. The molecule has 2 heterocycles. The monoisotopic (exact) mass is 780 g/mol. The molecule has 0 spiro atoms. The van der Waals surface area contributed by atoms with Crippen molar-refractivity contribution in [3.8, 4) is 11.5 Å². The predicted octanol–water partition coefficient (Wildman–Crippen LogP) is 5.81. The Morgan fingerprint density at radius 3 is 2.48 bits per heavy atom. The molecule has 2 saturated heterocycles. The van der Waals surface area contributed by atoms with Gasteiger partial charge in [0, 0.05) is 23.4 Å². The van der Waals surface area contributed by atoms with E-state index in [0.717, 1.165) is 15.9 Å². The lowest BCUT2D eigenvalue weighted by molar-refractivity contribution is -0.142. The molecule has 6 atom stereocenters. The van der Waals surface area contributed by atoms with Crippen molar-refractivity contribution in [2.24, 2.45) is 29.1 Å². The number of phenolic OH excluding ortho intramolecular Hbond substituents is 1. The number of methoxy groups -OCH3 is 1. The second-order valence-electron chi connectivity index (χ2n) is 12.2. The third-order valence-corrected chi connectivity index (χ3v) is 12.5. The number of nitrogens with zero attached hydrogens (tertiary/aromatic N) is 2. The summed E-state index contributed by atoms with van der Waals surface area (Å²) in [7, 11) is 1.38. The summed E-state index contributed by atoms with van der Waals surface area (Å²) in [6.07, 6.45) is 2.08. The van der Waals surface area contributed by atoms with E-state index in [1.54, 1.807) is 13.0 Å². The van der Waals surface area contributed by atoms with Crippen molar-refractivity contribution in [2.75, 3.05) is 18.6 Å². The van der Waals surface area contributed by atoms with E-state index >= 15 is 0 Å². The van der Waals surface area contributed by atoms with E-state index in [1.807, 2.05) is 6.08 Å². The number of rotatable bonds is 7. The first-order chi connectivity index (χ1) is 21.7. The number of benzene rings is 2. The number of halogens is 4. The number of amides is 4. The topological polar surface area (TPSA) is 142 Å². The van der Waals surface area contributed by atoms with Crippen LogP contribution in [0.15, 0.2) is 44.9 Å². The molecule has 14 heteroatoms. The van der Waals surface area contributed by atoms with Gasteiger partial charge in [0.15, 0.2) is 11.5 Å². The quantitative estimate of drug-likeness (QED) is 0.265. The lowest BCUT2D eigenvalue weighted by atomic mass is 9.51. The van der Waals surface area contributed by atoms with Crippen LogP contribution in [-0.4, -0.2) is 58.4 Å². The smallest absolute Gasteiger partial charge is 0.303 e. The van der Waals surface area contributed by atoms with Gasteiger partial charge in [-0.25, -0.2) is 9.29 Å². The number of allylic oxidation sites excluding steroid dienone is 2. The summed E-state index contributed by atoms with van der Waals surface area (Å²) in [5, 5.41) is 19.6. The molecule has 0 bridgehead atoms. The highest BCUT2D eigenvalue weighted by Gasteiger charge is 2.68. The second-order valence-corrected chi connectivity index (χ2v) is 14.2. The van der Waals surface area contributed by atoms with Gasteiger partial charge in [-0.05, 0) is 93.8 Å². The van der Waals surface area contributed by atoms with Crippen LogP contribution in [-0.2, 0) is 24.0 Å². The molecule has 10 nitrogen and oxygen atoms in total. The first-order valence-electron chi connectivity index (χ1n) is 14.6. The summed E-state index contributed by atoms with van der Waals surface area (Å²) in [5.41, 5.74) is -0.0947. The number of fused-ring (bicyclic) bond motifs is 4. The zero-order chi connectivity index (χ0) is 33.4. The van der Waals surface area contributed by atoms with Crippen molar-refractivity contribution < 1.29 is 43.3 Å². The van der Waals surface area contributed by atoms with Crippen LogP contribution in [0.1, 0.15) is 44.1 Å². The van der Waals surface area contributed by atoms with Gasteiger partial charge in [-0.15, -0.1) is 0 Å². The van der Waals surface area contributed by atoms with Gasteiger partial charge < -0.3 is 14.9 Å². The van der Waals surface area contributed by atoms with Gasteiger partial charge in [0.25, 0.3) is 0 Å². The van der Waals surface area contributed by atoms with Crippen LogP contribution >= 0.6 is 43.5 Å². The van der Waals surface area contributed by atoms with Crippen molar-refractivity contribution >= 4 is 78.7 Å². The molecule has 2 aliphatic heterocycles. The van der Waals surface area contributed by atoms with Crippen molar-refractivity contribution in [3.63, 3.8) is 0 Å². The van der Waals surface area contributed by atoms with Gasteiger partial charge >= 0.3 is 5.97 Å². The SMILES string of the molecule is COc1cc([C@H]2C3=CC[C@@H]4C(=O)N(CCCC(=O)O)C(=O)[C@@H]4[C@@H]3C[C@H]3C(=O)N(c4ccc(F)c(Cl)c4)C(=O)[C@@]23C)c(Br)c(Br)c1O.